The lowest BCUT2D eigenvalue weighted by atomic mass is 10.2. The van der Waals surface area contributed by atoms with Crippen LogP contribution in [0.25, 0.3) is 0 Å². The first-order chi connectivity index (χ1) is 8.22. The smallest absolute Gasteiger partial charge is 0.134 e. The van der Waals surface area contributed by atoms with E-state index in [1.165, 1.54) is 6.33 Å². The van der Waals surface area contributed by atoms with Crippen molar-refractivity contribution in [3.05, 3.63) is 11.9 Å². The summed E-state index contributed by atoms with van der Waals surface area (Å²) < 4.78 is 0. The van der Waals surface area contributed by atoms with Gasteiger partial charge in [-0.05, 0) is 32.6 Å². The van der Waals surface area contributed by atoms with Gasteiger partial charge in [0.2, 0.25) is 0 Å². The maximum atomic E-state index is 9.79. The van der Waals surface area contributed by atoms with E-state index in [4.69, 9.17) is 0 Å². The number of aliphatic hydroxyl groups is 1. The molecule has 0 bridgehead atoms. The zero-order valence-corrected chi connectivity index (χ0v) is 10.4. The Bertz CT molecular complexity index is 379. The first-order valence-corrected chi connectivity index (χ1v) is 6.19. The van der Waals surface area contributed by atoms with E-state index in [0.717, 1.165) is 36.6 Å². The van der Waals surface area contributed by atoms with Gasteiger partial charge in [-0.3, -0.25) is 0 Å². The van der Waals surface area contributed by atoms with Crippen molar-refractivity contribution in [2.75, 3.05) is 23.7 Å². The molecular weight excluding hydrogens is 216 g/mol. The van der Waals surface area contributed by atoms with Crippen molar-refractivity contribution < 1.29 is 5.11 Å². The highest BCUT2D eigenvalue weighted by Gasteiger charge is 2.29. The molecule has 1 aromatic heterocycles. The molecule has 17 heavy (non-hydrogen) atoms. The molecule has 0 spiro atoms. The molecule has 1 aliphatic rings. The third-order valence-corrected chi connectivity index (χ3v) is 3.07. The van der Waals surface area contributed by atoms with Crippen molar-refractivity contribution in [3.63, 3.8) is 0 Å². The predicted molar refractivity (Wildman–Crippen MR) is 68.2 cm³/mol. The van der Waals surface area contributed by atoms with E-state index in [-0.39, 0.29) is 6.10 Å². The summed E-state index contributed by atoms with van der Waals surface area (Å²) in [7, 11) is 0. The summed E-state index contributed by atoms with van der Waals surface area (Å²) in [6.45, 7) is 5.41. The number of hydrogen-bond donors (Lipinski definition) is 3. The van der Waals surface area contributed by atoms with Gasteiger partial charge in [-0.25, -0.2) is 9.97 Å². The standard InChI is InChI=1S/C12H20N4O/c1-3-13-11-8(2)12(16-7-15-11)14-6-10(17)9-4-5-9/h7,9-10,17H,3-6H2,1-2H3,(H2,13,14,15,16). The normalized spacial score (nSPS) is 16.6. The van der Waals surface area contributed by atoms with Gasteiger partial charge in [0.05, 0.1) is 6.10 Å². The summed E-state index contributed by atoms with van der Waals surface area (Å²) in [4.78, 5) is 8.38. The second-order valence-corrected chi connectivity index (χ2v) is 4.51. The molecule has 0 aromatic carbocycles. The fraction of sp³-hybridized carbons (Fsp3) is 0.667. The van der Waals surface area contributed by atoms with E-state index in [0.29, 0.717) is 12.5 Å². The Hall–Kier alpha value is -1.36. The number of anilines is 2. The molecule has 1 saturated carbocycles. The second kappa shape index (κ2) is 5.31. The van der Waals surface area contributed by atoms with E-state index in [1.807, 2.05) is 13.8 Å². The monoisotopic (exact) mass is 236 g/mol. The highest BCUT2D eigenvalue weighted by Crippen LogP contribution is 2.32. The minimum atomic E-state index is -0.257. The Kier molecular flexibility index (Phi) is 3.78. The van der Waals surface area contributed by atoms with Gasteiger partial charge in [0.25, 0.3) is 0 Å². The third-order valence-electron chi connectivity index (χ3n) is 3.07. The van der Waals surface area contributed by atoms with Crippen LogP contribution in [0.4, 0.5) is 11.6 Å². The number of nitrogens with zero attached hydrogens (tertiary/aromatic N) is 2. The molecule has 5 heteroatoms. The fourth-order valence-electron chi connectivity index (χ4n) is 1.82. The number of nitrogens with one attached hydrogen (secondary N) is 2. The van der Waals surface area contributed by atoms with E-state index in [1.54, 1.807) is 0 Å². The average Bonchev–Trinajstić information content (AvgIpc) is 3.14. The van der Waals surface area contributed by atoms with Crippen LogP contribution in [0.15, 0.2) is 6.33 Å². The fourth-order valence-corrected chi connectivity index (χ4v) is 1.82. The first kappa shape index (κ1) is 12.1. The maximum absolute atomic E-state index is 9.79. The molecule has 1 aliphatic carbocycles. The Morgan fingerprint density at radius 2 is 2.00 bits per heavy atom. The molecule has 94 valence electrons. The Morgan fingerprint density at radius 1 is 1.35 bits per heavy atom. The lowest BCUT2D eigenvalue weighted by Crippen LogP contribution is -2.22. The lowest BCUT2D eigenvalue weighted by Gasteiger charge is -2.14. The quantitative estimate of drug-likeness (QED) is 0.696. The van der Waals surface area contributed by atoms with Gasteiger partial charge < -0.3 is 15.7 Å². The molecule has 1 unspecified atom stereocenters. The van der Waals surface area contributed by atoms with Crippen LogP contribution in [0.1, 0.15) is 25.3 Å². The van der Waals surface area contributed by atoms with Gasteiger partial charge in [-0.15, -0.1) is 0 Å². The number of rotatable bonds is 6. The minimum absolute atomic E-state index is 0.257. The molecule has 5 nitrogen and oxygen atoms in total. The maximum Gasteiger partial charge on any atom is 0.134 e. The van der Waals surface area contributed by atoms with Gasteiger partial charge in [0, 0.05) is 18.7 Å². The summed E-state index contributed by atoms with van der Waals surface area (Å²) in [5.74, 6) is 2.14. The molecule has 1 fully saturated rings. The predicted octanol–water partition coefficient (Wildman–Crippen LogP) is 1.40. The van der Waals surface area contributed by atoms with Crippen LogP contribution in [0.5, 0.6) is 0 Å². The lowest BCUT2D eigenvalue weighted by molar-refractivity contribution is 0.164. The molecule has 2 rings (SSSR count). The van der Waals surface area contributed by atoms with Crippen LogP contribution in [0.3, 0.4) is 0 Å². The molecule has 1 atom stereocenters. The summed E-state index contributed by atoms with van der Waals surface area (Å²) in [5.41, 5.74) is 0.998. The molecule has 3 N–H and O–H groups in total. The molecule has 0 amide bonds. The molecule has 0 saturated heterocycles. The van der Waals surface area contributed by atoms with Crippen molar-refractivity contribution in [3.8, 4) is 0 Å². The highest BCUT2D eigenvalue weighted by molar-refractivity contribution is 5.56. The van der Waals surface area contributed by atoms with Gasteiger partial charge in [0.15, 0.2) is 0 Å². The number of aliphatic hydroxyl groups excluding tert-OH is 1. The van der Waals surface area contributed by atoms with Crippen LogP contribution in [-0.2, 0) is 0 Å². The Morgan fingerprint density at radius 3 is 2.59 bits per heavy atom. The Labute approximate surface area is 102 Å². The van der Waals surface area contributed by atoms with Crippen LogP contribution in [0, 0.1) is 12.8 Å². The van der Waals surface area contributed by atoms with Crippen LogP contribution >= 0.6 is 0 Å². The van der Waals surface area contributed by atoms with Gasteiger partial charge in [0.1, 0.15) is 18.0 Å². The first-order valence-electron chi connectivity index (χ1n) is 6.19. The van der Waals surface area contributed by atoms with Crippen molar-refractivity contribution in [2.45, 2.75) is 32.8 Å². The van der Waals surface area contributed by atoms with Crippen LogP contribution < -0.4 is 10.6 Å². The largest absolute Gasteiger partial charge is 0.391 e. The summed E-state index contributed by atoms with van der Waals surface area (Å²) >= 11 is 0. The number of hydrogen-bond acceptors (Lipinski definition) is 5. The highest BCUT2D eigenvalue weighted by atomic mass is 16.3. The van der Waals surface area contributed by atoms with Gasteiger partial charge >= 0.3 is 0 Å². The minimum Gasteiger partial charge on any atom is -0.391 e. The zero-order chi connectivity index (χ0) is 12.3. The van der Waals surface area contributed by atoms with Gasteiger partial charge in [-0.2, -0.15) is 0 Å². The van der Waals surface area contributed by atoms with Crippen molar-refractivity contribution in [1.29, 1.82) is 0 Å². The molecule has 1 heterocycles. The van der Waals surface area contributed by atoms with E-state index in [9.17, 15) is 5.11 Å². The summed E-state index contributed by atoms with van der Waals surface area (Å²) in [5, 5.41) is 16.2. The van der Waals surface area contributed by atoms with E-state index in [2.05, 4.69) is 20.6 Å². The summed E-state index contributed by atoms with van der Waals surface area (Å²) in [6.07, 6.45) is 3.58. The summed E-state index contributed by atoms with van der Waals surface area (Å²) in [6, 6.07) is 0. The van der Waals surface area contributed by atoms with Crippen LogP contribution in [0.2, 0.25) is 0 Å². The van der Waals surface area contributed by atoms with E-state index < -0.39 is 0 Å². The average molecular weight is 236 g/mol. The SMILES string of the molecule is CCNc1ncnc(NCC(O)C2CC2)c1C. The topological polar surface area (TPSA) is 70.1 Å². The zero-order valence-electron chi connectivity index (χ0n) is 10.4. The van der Waals surface area contributed by atoms with E-state index >= 15 is 0 Å². The van der Waals surface area contributed by atoms with Crippen molar-refractivity contribution in [2.24, 2.45) is 5.92 Å². The Balaban J connectivity index is 1.96. The molecule has 0 aliphatic heterocycles. The van der Waals surface area contributed by atoms with Crippen molar-refractivity contribution in [1.82, 2.24) is 9.97 Å². The number of aromatic nitrogens is 2. The molecule has 1 aromatic rings. The molecule has 0 radical (unpaired) electrons. The van der Waals surface area contributed by atoms with Gasteiger partial charge in [-0.1, -0.05) is 0 Å². The van der Waals surface area contributed by atoms with Crippen LogP contribution in [-0.4, -0.2) is 34.3 Å². The molecular formula is C12H20N4O. The second-order valence-electron chi connectivity index (χ2n) is 4.51. The van der Waals surface area contributed by atoms with Crippen molar-refractivity contribution >= 4 is 11.6 Å². The third kappa shape index (κ3) is 3.06.